The molecule has 7 nitrogen and oxygen atoms in total. The van der Waals surface area contributed by atoms with Gasteiger partial charge in [0.15, 0.2) is 0 Å². The Labute approximate surface area is 139 Å². The van der Waals surface area contributed by atoms with Gasteiger partial charge in [-0.3, -0.25) is 9.59 Å². The maximum Gasteiger partial charge on any atom is 0.314 e. The lowest BCUT2D eigenvalue weighted by molar-refractivity contribution is -0.126. The summed E-state index contributed by atoms with van der Waals surface area (Å²) in [7, 11) is 0. The van der Waals surface area contributed by atoms with Gasteiger partial charge in [-0.25, -0.2) is 9.18 Å². The molecule has 0 unspecified atom stereocenters. The third kappa shape index (κ3) is 4.94. The van der Waals surface area contributed by atoms with Gasteiger partial charge in [-0.05, 0) is 37.1 Å². The number of urea groups is 1. The molecule has 4 N–H and O–H groups in total. The van der Waals surface area contributed by atoms with Gasteiger partial charge < -0.3 is 21.3 Å². The van der Waals surface area contributed by atoms with Crippen molar-refractivity contribution in [3.05, 3.63) is 35.6 Å². The van der Waals surface area contributed by atoms with Crippen molar-refractivity contribution in [2.75, 3.05) is 26.2 Å². The molecule has 0 saturated carbocycles. The van der Waals surface area contributed by atoms with Gasteiger partial charge in [0, 0.05) is 31.7 Å². The number of nitrogens with one attached hydrogen (secondary N) is 2. The molecule has 0 aromatic heterocycles. The maximum atomic E-state index is 12.8. The van der Waals surface area contributed by atoms with Gasteiger partial charge in [0.1, 0.15) is 5.82 Å². The van der Waals surface area contributed by atoms with Crippen LogP contribution in [0.1, 0.15) is 23.2 Å². The smallest absolute Gasteiger partial charge is 0.314 e. The fourth-order valence-corrected chi connectivity index (χ4v) is 2.60. The van der Waals surface area contributed by atoms with Crippen molar-refractivity contribution in [1.29, 1.82) is 0 Å². The van der Waals surface area contributed by atoms with Crippen LogP contribution >= 0.6 is 0 Å². The van der Waals surface area contributed by atoms with Crippen molar-refractivity contribution in [2.45, 2.75) is 12.8 Å². The van der Waals surface area contributed by atoms with Crippen LogP contribution in [0.3, 0.4) is 0 Å². The predicted octanol–water partition coefficient (Wildman–Crippen LogP) is 0.462. The first-order chi connectivity index (χ1) is 11.5. The molecule has 1 aromatic carbocycles. The number of rotatable bonds is 5. The van der Waals surface area contributed by atoms with E-state index in [1.54, 1.807) is 0 Å². The van der Waals surface area contributed by atoms with E-state index in [4.69, 9.17) is 5.73 Å². The molecule has 8 heteroatoms. The van der Waals surface area contributed by atoms with Crippen molar-refractivity contribution in [3.8, 4) is 0 Å². The van der Waals surface area contributed by atoms with E-state index in [0.717, 1.165) is 6.42 Å². The van der Waals surface area contributed by atoms with E-state index in [2.05, 4.69) is 10.6 Å². The SMILES string of the molecule is NC(=O)N1CCC[C@H](C(=O)NCCNC(=O)c2ccc(F)cc2)C1. The number of hydrogen-bond acceptors (Lipinski definition) is 3. The van der Waals surface area contributed by atoms with Crippen molar-refractivity contribution >= 4 is 17.8 Å². The van der Waals surface area contributed by atoms with Crippen LogP contribution in [0.15, 0.2) is 24.3 Å². The first-order valence-corrected chi connectivity index (χ1v) is 7.83. The number of piperidine rings is 1. The molecule has 24 heavy (non-hydrogen) atoms. The predicted molar refractivity (Wildman–Crippen MR) is 85.6 cm³/mol. The van der Waals surface area contributed by atoms with Gasteiger partial charge in [0.05, 0.1) is 5.92 Å². The van der Waals surface area contributed by atoms with E-state index in [9.17, 15) is 18.8 Å². The van der Waals surface area contributed by atoms with E-state index in [-0.39, 0.29) is 30.8 Å². The monoisotopic (exact) mass is 336 g/mol. The van der Waals surface area contributed by atoms with Crippen LogP contribution < -0.4 is 16.4 Å². The Bertz CT molecular complexity index is 606. The third-order valence-corrected chi connectivity index (χ3v) is 3.92. The maximum absolute atomic E-state index is 12.8. The molecule has 1 heterocycles. The lowest BCUT2D eigenvalue weighted by Crippen LogP contribution is -2.48. The molecule has 4 amide bonds. The first-order valence-electron chi connectivity index (χ1n) is 7.83. The second-order valence-electron chi connectivity index (χ2n) is 5.68. The summed E-state index contributed by atoms with van der Waals surface area (Å²) in [6.45, 7) is 1.43. The number of halogens is 1. The quantitative estimate of drug-likeness (QED) is 0.680. The summed E-state index contributed by atoms with van der Waals surface area (Å²) in [5.74, 6) is -1.17. The highest BCUT2D eigenvalue weighted by molar-refractivity contribution is 5.94. The Hall–Kier alpha value is -2.64. The number of carbonyl (C=O) groups is 3. The number of nitrogens with zero attached hydrogens (tertiary/aromatic N) is 1. The molecule has 130 valence electrons. The minimum absolute atomic E-state index is 0.156. The fraction of sp³-hybridized carbons (Fsp3) is 0.438. The third-order valence-electron chi connectivity index (χ3n) is 3.92. The standard InChI is InChI=1S/C16H21FN4O3/c17-13-5-3-11(4-6-13)14(22)19-7-8-20-15(23)12-2-1-9-21(10-12)16(18)24/h3-6,12H,1-2,7-10H2,(H2,18,24)(H,19,22)(H,20,23)/t12-/m0/s1. The summed E-state index contributed by atoms with van der Waals surface area (Å²) in [4.78, 5) is 36.5. The summed E-state index contributed by atoms with van der Waals surface area (Å²) in [6, 6.07) is 4.70. The highest BCUT2D eigenvalue weighted by Gasteiger charge is 2.27. The van der Waals surface area contributed by atoms with Crippen LogP contribution in [0.5, 0.6) is 0 Å². The van der Waals surface area contributed by atoms with Gasteiger partial charge in [-0.1, -0.05) is 0 Å². The highest BCUT2D eigenvalue weighted by atomic mass is 19.1. The van der Waals surface area contributed by atoms with Gasteiger partial charge >= 0.3 is 6.03 Å². The lowest BCUT2D eigenvalue weighted by Gasteiger charge is -2.30. The zero-order valence-electron chi connectivity index (χ0n) is 13.3. The van der Waals surface area contributed by atoms with Crippen LogP contribution in [0, 0.1) is 11.7 Å². The Balaban J connectivity index is 1.70. The van der Waals surface area contributed by atoms with E-state index < -0.39 is 11.8 Å². The number of benzene rings is 1. The number of primary amides is 1. The Morgan fingerprint density at radius 3 is 2.50 bits per heavy atom. The molecule has 1 atom stereocenters. The molecule has 1 aromatic rings. The summed E-state index contributed by atoms with van der Waals surface area (Å²) < 4.78 is 12.8. The van der Waals surface area contributed by atoms with Crippen molar-refractivity contribution in [2.24, 2.45) is 11.7 Å². The normalized spacial score (nSPS) is 17.2. The highest BCUT2D eigenvalue weighted by Crippen LogP contribution is 2.16. The molecule has 1 saturated heterocycles. The molecular formula is C16H21FN4O3. The van der Waals surface area contributed by atoms with E-state index in [1.165, 1.54) is 29.2 Å². The van der Waals surface area contributed by atoms with Gasteiger partial charge in [0.2, 0.25) is 5.91 Å². The molecule has 0 radical (unpaired) electrons. The number of likely N-dealkylation sites (tertiary alicyclic amines) is 1. The zero-order valence-corrected chi connectivity index (χ0v) is 13.3. The second kappa shape index (κ2) is 8.28. The fourth-order valence-electron chi connectivity index (χ4n) is 2.60. The average molecular weight is 336 g/mol. The summed E-state index contributed by atoms with van der Waals surface area (Å²) in [5, 5.41) is 5.38. The van der Waals surface area contributed by atoms with Crippen molar-refractivity contribution < 1.29 is 18.8 Å². The molecule has 0 aliphatic carbocycles. The Morgan fingerprint density at radius 2 is 1.83 bits per heavy atom. The van der Waals surface area contributed by atoms with Crippen molar-refractivity contribution in [1.82, 2.24) is 15.5 Å². The largest absolute Gasteiger partial charge is 0.354 e. The van der Waals surface area contributed by atoms with Crippen LogP contribution in [0.2, 0.25) is 0 Å². The van der Waals surface area contributed by atoms with E-state index in [0.29, 0.717) is 25.1 Å². The van der Waals surface area contributed by atoms with E-state index >= 15 is 0 Å². The summed E-state index contributed by atoms with van der Waals surface area (Å²) >= 11 is 0. The van der Waals surface area contributed by atoms with Gasteiger partial charge in [-0.15, -0.1) is 0 Å². The topological polar surface area (TPSA) is 105 Å². The molecule has 2 rings (SSSR count). The zero-order chi connectivity index (χ0) is 17.5. The van der Waals surface area contributed by atoms with Crippen LogP contribution in [-0.2, 0) is 4.79 Å². The van der Waals surface area contributed by atoms with Crippen LogP contribution in [-0.4, -0.2) is 48.9 Å². The molecule has 1 fully saturated rings. The van der Waals surface area contributed by atoms with Crippen molar-refractivity contribution in [3.63, 3.8) is 0 Å². The summed E-state index contributed by atoms with van der Waals surface area (Å²) in [6.07, 6.45) is 1.44. The number of amides is 4. The number of hydrogen-bond donors (Lipinski definition) is 3. The second-order valence-corrected chi connectivity index (χ2v) is 5.68. The molecule has 1 aliphatic heterocycles. The minimum Gasteiger partial charge on any atom is -0.354 e. The number of nitrogens with two attached hydrogens (primary N) is 1. The number of carbonyl (C=O) groups excluding carboxylic acids is 3. The average Bonchev–Trinajstić information content (AvgIpc) is 2.59. The molecular weight excluding hydrogens is 315 g/mol. The van der Waals surface area contributed by atoms with E-state index in [1.807, 2.05) is 0 Å². The van der Waals surface area contributed by atoms with Crippen LogP contribution in [0.25, 0.3) is 0 Å². The first kappa shape index (κ1) is 17.7. The van der Waals surface area contributed by atoms with Gasteiger partial charge in [-0.2, -0.15) is 0 Å². The molecule has 1 aliphatic rings. The van der Waals surface area contributed by atoms with Crippen LogP contribution in [0.4, 0.5) is 9.18 Å². The lowest BCUT2D eigenvalue weighted by atomic mass is 9.97. The summed E-state index contributed by atoms with van der Waals surface area (Å²) in [5.41, 5.74) is 5.59. The molecule has 0 bridgehead atoms. The van der Waals surface area contributed by atoms with Gasteiger partial charge in [0.25, 0.3) is 5.91 Å². The Kier molecular flexibility index (Phi) is 6.11. The minimum atomic E-state index is -0.515. The molecule has 0 spiro atoms. The Morgan fingerprint density at radius 1 is 1.17 bits per heavy atom.